The molecule has 0 spiro atoms. The fourth-order valence-electron chi connectivity index (χ4n) is 3.84. The molecule has 2 aromatic heterocycles. The number of rotatable bonds is 8. The van der Waals surface area contributed by atoms with Gasteiger partial charge in [0.1, 0.15) is 5.75 Å². The molecule has 0 N–H and O–H groups in total. The number of carbonyl (C=O) groups is 1. The van der Waals surface area contributed by atoms with Gasteiger partial charge in [-0.1, -0.05) is 41.7 Å². The van der Waals surface area contributed by atoms with Crippen LogP contribution in [0.4, 0.5) is 5.13 Å². The molecule has 166 valence electrons. The smallest absolute Gasteiger partial charge is 0.229 e. The summed E-state index contributed by atoms with van der Waals surface area (Å²) in [5.41, 5.74) is 5.18. The van der Waals surface area contributed by atoms with E-state index in [-0.39, 0.29) is 5.91 Å². The first-order valence-electron chi connectivity index (χ1n) is 10.8. The number of aromatic nitrogens is 3. The number of benzene rings is 2. The van der Waals surface area contributed by atoms with Gasteiger partial charge in [-0.2, -0.15) is 5.10 Å². The van der Waals surface area contributed by atoms with Crippen LogP contribution in [0.1, 0.15) is 35.9 Å². The van der Waals surface area contributed by atoms with Crippen LogP contribution in [-0.4, -0.2) is 27.3 Å². The van der Waals surface area contributed by atoms with Crippen LogP contribution in [0.25, 0.3) is 10.2 Å². The summed E-state index contributed by atoms with van der Waals surface area (Å²) < 4.78 is 8.51. The minimum absolute atomic E-state index is 0.0561. The highest BCUT2D eigenvalue weighted by molar-refractivity contribution is 7.22. The van der Waals surface area contributed by atoms with Gasteiger partial charge in [-0.25, -0.2) is 4.98 Å². The quantitative estimate of drug-likeness (QED) is 0.371. The van der Waals surface area contributed by atoms with E-state index in [0.29, 0.717) is 31.1 Å². The second kappa shape index (κ2) is 9.53. The summed E-state index contributed by atoms with van der Waals surface area (Å²) in [7, 11) is 1.94. The molecule has 0 aliphatic carbocycles. The van der Waals surface area contributed by atoms with Gasteiger partial charge in [0, 0.05) is 19.2 Å². The lowest BCUT2D eigenvalue weighted by Gasteiger charge is -2.20. The van der Waals surface area contributed by atoms with E-state index in [0.717, 1.165) is 38.5 Å². The van der Waals surface area contributed by atoms with Crippen molar-refractivity contribution in [1.29, 1.82) is 0 Å². The predicted octanol–water partition coefficient (Wildman–Crippen LogP) is 5.21. The van der Waals surface area contributed by atoms with Crippen molar-refractivity contribution >= 4 is 32.6 Å². The van der Waals surface area contributed by atoms with Crippen LogP contribution < -0.4 is 9.64 Å². The predicted molar refractivity (Wildman–Crippen MR) is 129 cm³/mol. The van der Waals surface area contributed by atoms with E-state index >= 15 is 0 Å². The van der Waals surface area contributed by atoms with E-state index in [1.54, 1.807) is 4.90 Å². The van der Waals surface area contributed by atoms with Crippen LogP contribution in [0, 0.1) is 13.8 Å². The van der Waals surface area contributed by atoms with Crippen molar-refractivity contribution in [2.75, 3.05) is 11.5 Å². The van der Waals surface area contributed by atoms with Crippen LogP contribution in [0.2, 0.25) is 0 Å². The molecule has 4 aromatic rings. The van der Waals surface area contributed by atoms with Gasteiger partial charge in [0.15, 0.2) is 5.13 Å². The number of anilines is 1. The molecule has 0 saturated carbocycles. The van der Waals surface area contributed by atoms with Crippen molar-refractivity contribution in [2.45, 2.75) is 40.2 Å². The molecule has 0 bridgehead atoms. The molecule has 1 amide bonds. The molecule has 32 heavy (non-hydrogen) atoms. The third kappa shape index (κ3) is 4.67. The average molecular weight is 449 g/mol. The topological polar surface area (TPSA) is 60.2 Å². The maximum atomic E-state index is 13.4. The molecule has 0 saturated heterocycles. The number of aryl methyl sites for hydroxylation is 2. The Morgan fingerprint density at radius 3 is 2.62 bits per heavy atom. The van der Waals surface area contributed by atoms with Crippen LogP contribution in [0.3, 0.4) is 0 Å². The lowest BCUT2D eigenvalue weighted by atomic mass is 10.1. The Morgan fingerprint density at radius 1 is 1.16 bits per heavy atom. The molecule has 7 heteroatoms. The SMILES string of the molecule is CCOc1ccc2nc(N(Cc3ccccc3)C(=O)CCc3c(C)nn(C)c3C)sc2c1. The number of amides is 1. The van der Waals surface area contributed by atoms with Crippen molar-refractivity contribution in [3.8, 4) is 5.75 Å². The molecule has 0 unspecified atom stereocenters. The monoisotopic (exact) mass is 448 g/mol. The van der Waals surface area contributed by atoms with Crippen LogP contribution >= 0.6 is 11.3 Å². The Labute approximate surface area is 192 Å². The van der Waals surface area contributed by atoms with E-state index in [9.17, 15) is 4.79 Å². The minimum atomic E-state index is 0.0561. The molecular weight excluding hydrogens is 420 g/mol. The maximum Gasteiger partial charge on any atom is 0.229 e. The summed E-state index contributed by atoms with van der Waals surface area (Å²) in [6, 6.07) is 15.9. The zero-order chi connectivity index (χ0) is 22.7. The number of thiazole rings is 1. The molecule has 0 atom stereocenters. The van der Waals surface area contributed by atoms with Crippen LogP contribution in [0.5, 0.6) is 5.75 Å². The first kappa shape index (κ1) is 22.0. The maximum absolute atomic E-state index is 13.4. The molecule has 0 aliphatic rings. The molecule has 6 nitrogen and oxygen atoms in total. The van der Waals surface area contributed by atoms with Crippen LogP contribution in [-0.2, 0) is 24.8 Å². The number of nitrogens with zero attached hydrogens (tertiary/aromatic N) is 4. The molecule has 2 aromatic carbocycles. The highest BCUT2D eigenvalue weighted by Crippen LogP contribution is 2.33. The van der Waals surface area contributed by atoms with E-state index in [1.807, 2.05) is 81.0 Å². The van der Waals surface area contributed by atoms with E-state index in [1.165, 1.54) is 11.3 Å². The summed E-state index contributed by atoms with van der Waals surface area (Å²) in [6.45, 7) is 7.11. The van der Waals surface area contributed by atoms with E-state index in [4.69, 9.17) is 9.72 Å². The number of ether oxygens (including phenoxy) is 1. The van der Waals surface area contributed by atoms with E-state index < -0.39 is 0 Å². The number of fused-ring (bicyclic) bond motifs is 1. The van der Waals surface area contributed by atoms with Crippen molar-refractivity contribution in [2.24, 2.45) is 7.05 Å². The Kier molecular flexibility index (Phi) is 6.55. The fraction of sp³-hybridized carbons (Fsp3) is 0.320. The van der Waals surface area contributed by atoms with Crippen LogP contribution in [0.15, 0.2) is 48.5 Å². The van der Waals surface area contributed by atoms with E-state index in [2.05, 4.69) is 5.10 Å². The minimum Gasteiger partial charge on any atom is -0.494 e. The lowest BCUT2D eigenvalue weighted by molar-refractivity contribution is -0.118. The molecule has 0 aliphatic heterocycles. The molecule has 0 radical (unpaired) electrons. The van der Waals surface area contributed by atoms with Crippen molar-refractivity contribution in [1.82, 2.24) is 14.8 Å². The summed E-state index contributed by atoms with van der Waals surface area (Å²) in [4.78, 5) is 20.0. The Balaban J connectivity index is 1.62. The Morgan fingerprint density at radius 2 is 1.94 bits per heavy atom. The number of carbonyl (C=O) groups excluding carboxylic acids is 1. The zero-order valence-electron chi connectivity index (χ0n) is 19.0. The Hall–Kier alpha value is -3.19. The van der Waals surface area contributed by atoms with Gasteiger partial charge in [-0.05, 0) is 56.5 Å². The summed E-state index contributed by atoms with van der Waals surface area (Å²) in [6.07, 6.45) is 1.06. The molecular formula is C25H28N4O2S. The van der Waals surface area contributed by atoms with Crippen molar-refractivity contribution < 1.29 is 9.53 Å². The zero-order valence-corrected chi connectivity index (χ0v) is 19.8. The number of hydrogen-bond acceptors (Lipinski definition) is 5. The average Bonchev–Trinajstić information content (AvgIpc) is 3.31. The van der Waals surface area contributed by atoms with Gasteiger partial charge in [-0.15, -0.1) is 0 Å². The van der Waals surface area contributed by atoms with Gasteiger partial charge in [0.05, 0.1) is 29.1 Å². The lowest BCUT2D eigenvalue weighted by Crippen LogP contribution is -2.30. The van der Waals surface area contributed by atoms with Gasteiger partial charge in [0.2, 0.25) is 5.91 Å². The Bertz CT molecular complexity index is 1230. The number of hydrogen-bond donors (Lipinski definition) is 0. The third-order valence-electron chi connectivity index (χ3n) is 5.62. The molecule has 2 heterocycles. The second-order valence-electron chi connectivity index (χ2n) is 7.80. The largest absolute Gasteiger partial charge is 0.494 e. The normalized spacial score (nSPS) is 11.1. The standard InChI is InChI=1S/C25H28N4O2S/c1-5-31-20-11-13-22-23(15-20)32-25(26-22)29(16-19-9-7-6-8-10-19)24(30)14-12-21-17(2)27-28(4)18(21)3/h6-11,13,15H,5,12,14,16H2,1-4H3. The highest BCUT2D eigenvalue weighted by Gasteiger charge is 2.21. The first-order valence-corrected chi connectivity index (χ1v) is 11.6. The second-order valence-corrected chi connectivity index (χ2v) is 8.81. The summed E-state index contributed by atoms with van der Waals surface area (Å²) >= 11 is 1.52. The summed E-state index contributed by atoms with van der Waals surface area (Å²) in [5, 5.41) is 5.19. The first-order chi connectivity index (χ1) is 15.5. The van der Waals surface area contributed by atoms with Crippen molar-refractivity contribution in [3.63, 3.8) is 0 Å². The van der Waals surface area contributed by atoms with Gasteiger partial charge in [-0.3, -0.25) is 14.4 Å². The molecule has 0 fully saturated rings. The summed E-state index contributed by atoms with van der Waals surface area (Å²) in [5.74, 6) is 0.874. The highest BCUT2D eigenvalue weighted by atomic mass is 32.1. The fourth-order valence-corrected chi connectivity index (χ4v) is 4.85. The van der Waals surface area contributed by atoms with Gasteiger partial charge in [0.25, 0.3) is 0 Å². The third-order valence-corrected chi connectivity index (χ3v) is 6.66. The van der Waals surface area contributed by atoms with Crippen molar-refractivity contribution in [3.05, 3.63) is 71.0 Å². The van der Waals surface area contributed by atoms with Gasteiger partial charge >= 0.3 is 0 Å². The molecule has 4 rings (SSSR count). The van der Waals surface area contributed by atoms with Gasteiger partial charge < -0.3 is 4.74 Å².